The van der Waals surface area contributed by atoms with Gasteiger partial charge in [-0.1, -0.05) is 0 Å². The van der Waals surface area contributed by atoms with Crippen molar-refractivity contribution in [2.45, 2.75) is 18.1 Å². The van der Waals surface area contributed by atoms with E-state index in [2.05, 4.69) is 15.1 Å². The number of hydrazine groups is 1. The molecule has 0 amide bonds. The van der Waals surface area contributed by atoms with Gasteiger partial charge in [-0.05, 0) is 19.1 Å². The molecule has 0 aliphatic carbocycles. The molecule has 17 heavy (non-hydrogen) atoms. The second-order valence-corrected chi connectivity index (χ2v) is 5.08. The smallest absolute Gasteiger partial charge is 0.260 e. The van der Waals surface area contributed by atoms with Crippen LogP contribution in [-0.4, -0.2) is 33.2 Å². The van der Waals surface area contributed by atoms with Crippen molar-refractivity contribution in [1.29, 1.82) is 0 Å². The predicted molar refractivity (Wildman–Crippen MR) is 63.7 cm³/mol. The number of pyridine rings is 1. The molecule has 0 aromatic carbocycles. The number of sulfonamides is 1. The minimum atomic E-state index is -3.69. The standard InChI is InChI=1S/C9H16N4O3S/c1-7(16-2)6-12-17(14,15)9-8(13-10)4-3-5-11-9/h3-5,7,12-13H,6,10H2,1-2H3. The highest BCUT2D eigenvalue weighted by atomic mass is 32.2. The van der Waals surface area contributed by atoms with Gasteiger partial charge in [0.1, 0.15) is 0 Å². The summed E-state index contributed by atoms with van der Waals surface area (Å²) >= 11 is 0. The van der Waals surface area contributed by atoms with E-state index in [9.17, 15) is 8.42 Å². The van der Waals surface area contributed by atoms with Gasteiger partial charge in [0, 0.05) is 19.9 Å². The largest absolute Gasteiger partial charge is 0.380 e. The molecule has 0 fully saturated rings. The monoisotopic (exact) mass is 260 g/mol. The van der Waals surface area contributed by atoms with E-state index in [-0.39, 0.29) is 23.4 Å². The Bertz CT molecular complexity index is 463. The van der Waals surface area contributed by atoms with Gasteiger partial charge >= 0.3 is 0 Å². The number of hydrogen-bond donors (Lipinski definition) is 3. The van der Waals surface area contributed by atoms with Crippen LogP contribution in [-0.2, 0) is 14.8 Å². The summed E-state index contributed by atoms with van der Waals surface area (Å²) in [5, 5.41) is -0.134. The number of rotatable bonds is 6. The van der Waals surface area contributed by atoms with Crippen molar-refractivity contribution in [2.75, 3.05) is 19.1 Å². The fourth-order valence-corrected chi connectivity index (χ4v) is 2.30. The molecule has 0 spiro atoms. The van der Waals surface area contributed by atoms with Crippen molar-refractivity contribution in [2.24, 2.45) is 5.84 Å². The topological polar surface area (TPSA) is 106 Å². The van der Waals surface area contributed by atoms with Crippen molar-refractivity contribution >= 4 is 15.7 Å². The Morgan fingerprint density at radius 2 is 2.29 bits per heavy atom. The molecule has 1 heterocycles. The number of anilines is 1. The maximum absolute atomic E-state index is 11.9. The summed E-state index contributed by atoms with van der Waals surface area (Å²) < 4.78 is 31.2. The number of methoxy groups -OCH3 is 1. The van der Waals surface area contributed by atoms with Gasteiger partial charge in [0.15, 0.2) is 5.03 Å². The quantitative estimate of drug-likeness (QED) is 0.478. The first-order chi connectivity index (χ1) is 8.01. The zero-order valence-electron chi connectivity index (χ0n) is 9.67. The zero-order valence-corrected chi connectivity index (χ0v) is 10.5. The Labute approximate surface area is 100 Å². The molecule has 0 radical (unpaired) electrons. The summed E-state index contributed by atoms with van der Waals surface area (Å²) in [5.41, 5.74) is 2.53. The molecule has 96 valence electrons. The van der Waals surface area contributed by atoms with E-state index in [0.717, 1.165) is 0 Å². The van der Waals surface area contributed by atoms with Crippen LogP contribution in [0.2, 0.25) is 0 Å². The van der Waals surface area contributed by atoms with Gasteiger partial charge < -0.3 is 10.2 Å². The van der Waals surface area contributed by atoms with Crippen LogP contribution in [0.4, 0.5) is 5.69 Å². The van der Waals surface area contributed by atoms with Gasteiger partial charge in [-0.3, -0.25) is 5.84 Å². The highest BCUT2D eigenvalue weighted by Crippen LogP contribution is 2.16. The molecule has 0 aliphatic rings. The summed E-state index contributed by atoms with van der Waals surface area (Å²) in [7, 11) is -2.19. The van der Waals surface area contributed by atoms with Gasteiger partial charge in [-0.2, -0.15) is 0 Å². The maximum Gasteiger partial charge on any atom is 0.260 e. The number of hydrogen-bond acceptors (Lipinski definition) is 6. The molecular formula is C9H16N4O3S. The molecule has 0 saturated carbocycles. The summed E-state index contributed by atoms with van der Waals surface area (Å²) in [6, 6.07) is 3.12. The van der Waals surface area contributed by atoms with Crippen LogP contribution in [0, 0.1) is 0 Å². The average Bonchev–Trinajstić information content (AvgIpc) is 2.35. The van der Waals surface area contributed by atoms with E-state index >= 15 is 0 Å². The van der Waals surface area contributed by atoms with Crippen LogP contribution in [0.25, 0.3) is 0 Å². The Morgan fingerprint density at radius 1 is 1.59 bits per heavy atom. The Kier molecular flexibility index (Phi) is 4.82. The number of aromatic nitrogens is 1. The molecule has 0 saturated heterocycles. The number of nitrogens with two attached hydrogens (primary N) is 1. The summed E-state index contributed by atoms with van der Waals surface area (Å²) in [4.78, 5) is 3.79. The van der Waals surface area contributed by atoms with E-state index in [4.69, 9.17) is 10.6 Å². The number of nitrogens with one attached hydrogen (secondary N) is 2. The molecule has 8 heteroatoms. The minimum Gasteiger partial charge on any atom is -0.380 e. The van der Waals surface area contributed by atoms with Crippen molar-refractivity contribution < 1.29 is 13.2 Å². The van der Waals surface area contributed by atoms with Gasteiger partial charge in [-0.25, -0.2) is 18.1 Å². The molecule has 7 nitrogen and oxygen atoms in total. The van der Waals surface area contributed by atoms with E-state index in [0.29, 0.717) is 0 Å². The Morgan fingerprint density at radius 3 is 2.88 bits per heavy atom. The van der Waals surface area contributed by atoms with Crippen molar-refractivity contribution in [1.82, 2.24) is 9.71 Å². The van der Waals surface area contributed by atoms with Crippen molar-refractivity contribution in [3.63, 3.8) is 0 Å². The third kappa shape index (κ3) is 3.63. The lowest BCUT2D eigenvalue weighted by Crippen LogP contribution is -2.32. The molecule has 0 bridgehead atoms. The molecule has 1 aromatic rings. The highest BCUT2D eigenvalue weighted by Gasteiger charge is 2.20. The van der Waals surface area contributed by atoms with Gasteiger partial charge in [0.05, 0.1) is 11.8 Å². The predicted octanol–water partition coefficient (Wildman–Crippen LogP) is -0.320. The van der Waals surface area contributed by atoms with Crippen LogP contribution >= 0.6 is 0 Å². The fraction of sp³-hybridized carbons (Fsp3) is 0.444. The summed E-state index contributed by atoms with van der Waals surface area (Å²) in [5.74, 6) is 5.22. The SMILES string of the molecule is COC(C)CNS(=O)(=O)c1ncccc1NN. The average molecular weight is 260 g/mol. The molecule has 1 atom stereocenters. The van der Waals surface area contributed by atoms with E-state index < -0.39 is 10.0 Å². The Balaban J connectivity index is 2.89. The van der Waals surface area contributed by atoms with E-state index in [1.54, 1.807) is 13.0 Å². The second-order valence-electron chi connectivity index (χ2n) is 3.40. The summed E-state index contributed by atoms with van der Waals surface area (Å²) in [6.45, 7) is 1.92. The molecular weight excluding hydrogens is 244 g/mol. The normalized spacial score (nSPS) is 13.4. The first kappa shape index (κ1) is 13.8. The summed E-state index contributed by atoms with van der Waals surface area (Å²) in [6.07, 6.45) is 1.16. The van der Waals surface area contributed by atoms with Crippen molar-refractivity contribution in [3.8, 4) is 0 Å². The van der Waals surface area contributed by atoms with Gasteiger partial charge in [0.25, 0.3) is 10.0 Å². The molecule has 1 aromatic heterocycles. The number of nitrogen functional groups attached to an aromatic ring is 1. The van der Waals surface area contributed by atoms with E-state index in [1.807, 2.05) is 0 Å². The highest BCUT2D eigenvalue weighted by molar-refractivity contribution is 7.89. The van der Waals surface area contributed by atoms with Crippen LogP contribution in [0.1, 0.15) is 6.92 Å². The molecule has 4 N–H and O–H groups in total. The van der Waals surface area contributed by atoms with Crippen LogP contribution in [0.3, 0.4) is 0 Å². The van der Waals surface area contributed by atoms with Gasteiger partial charge in [0.2, 0.25) is 0 Å². The number of nitrogens with zero attached hydrogens (tertiary/aromatic N) is 1. The van der Waals surface area contributed by atoms with Gasteiger partial charge in [-0.15, -0.1) is 0 Å². The molecule has 1 rings (SSSR count). The third-order valence-corrected chi connectivity index (χ3v) is 3.53. The van der Waals surface area contributed by atoms with Crippen LogP contribution in [0.5, 0.6) is 0 Å². The zero-order chi connectivity index (χ0) is 12.9. The van der Waals surface area contributed by atoms with E-state index in [1.165, 1.54) is 19.4 Å². The lowest BCUT2D eigenvalue weighted by atomic mass is 10.4. The third-order valence-electron chi connectivity index (χ3n) is 2.14. The minimum absolute atomic E-state index is 0.134. The molecule has 1 unspecified atom stereocenters. The lowest BCUT2D eigenvalue weighted by molar-refractivity contribution is 0.122. The fourth-order valence-electron chi connectivity index (χ4n) is 1.09. The lowest BCUT2D eigenvalue weighted by Gasteiger charge is -2.12. The van der Waals surface area contributed by atoms with Crippen LogP contribution < -0.4 is 16.0 Å². The first-order valence-corrected chi connectivity index (χ1v) is 6.43. The van der Waals surface area contributed by atoms with Crippen molar-refractivity contribution in [3.05, 3.63) is 18.3 Å². The van der Waals surface area contributed by atoms with Crippen LogP contribution in [0.15, 0.2) is 23.4 Å². The number of ether oxygens (including phenoxy) is 1. The Hall–Kier alpha value is -1.22. The maximum atomic E-state index is 11.9. The molecule has 0 aliphatic heterocycles. The second kappa shape index (κ2) is 5.92. The first-order valence-electron chi connectivity index (χ1n) is 4.95.